The van der Waals surface area contributed by atoms with Gasteiger partial charge in [0.05, 0.1) is 0 Å². The number of anilines is 1. The van der Waals surface area contributed by atoms with Gasteiger partial charge in [0.1, 0.15) is 18.2 Å². The lowest BCUT2D eigenvalue weighted by molar-refractivity contribution is -0.147. The normalized spacial score (nSPS) is 10.1. The number of hydrogen-bond donors (Lipinski definition) is 1. The Kier molecular flexibility index (Phi) is 4.55. The Morgan fingerprint density at radius 2 is 1.95 bits per heavy atom. The van der Waals surface area contributed by atoms with Gasteiger partial charge in [-0.05, 0) is 18.2 Å². The molecule has 0 aliphatic carbocycles. The van der Waals surface area contributed by atoms with Gasteiger partial charge in [0.25, 0.3) is 0 Å². The maximum Gasteiger partial charge on any atom is 0.344 e. The maximum atomic E-state index is 13.3. The minimum Gasteiger partial charge on any atom is -0.482 e. The first-order chi connectivity index (χ1) is 9.65. The van der Waals surface area contributed by atoms with E-state index in [1.165, 1.54) is 6.07 Å². The van der Waals surface area contributed by atoms with Gasteiger partial charge in [-0.3, -0.25) is 0 Å². The summed E-state index contributed by atoms with van der Waals surface area (Å²) in [5.41, 5.74) is 6.45. The highest BCUT2D eigenvalue weighted by Crippen LogP contribution is 2.14. The number of hydrogen-bond acceptors (Lipinski definition) is 4. The lowest BCUT2D eigenvalue weighted by Crippen LogP contribution is -2.15. The molecule has 0 aromatic heterocycles. The van der Waals surface area contributed by atoms with E-state index >= 15 is 0 Å². The zero-order valence-corrected chi connectivity index (χ0v) is 10.7. The summed E-state index contributed by atoms with van der Waals surface area (Å²) >= 11 is 0. The van der Waals surface area contributed by atoms with Gasteiger partial charge in [0.2, 0.25) is 0 Å². The molecule has 0 unspecified atom stereocenters. The van der Waals surface area contributed by atoms with Crippen molar-refractivity contribution in [3.63, 3.8) is 0 Å². The Balaban J connectivity index is 1.80. The molecule has 4 nitrogen and oxygen atoms in total. The average Bonchev–Trinajstić information content (AvgIpc) is 2.44. The smallest absolute Gasteiger partial charge is 0.344 e. The molecule has 0 amide bonds. The number of carbonyl (C=O) groups is 1. The molecule has 0 aliphatic heterocycles. The molecule has 0 bridgehead atoms. The van der Waals surface area contributed by atoms with Crippen molar-refractivity contribution < 1.29 is 18.7 Å². The lowest BCUT2D eigenvalue weighted by atomic mass is 10.2. The van der Waals surface area contributed by atoms with Gasteiger partial charge in [-0.15, -0.1) is 0 Å². The molecule has 2 rings (SSSR count). The van der Waals surface area contributed by atoms with Crippen molar-refractivity contribution >= 4 is 11.7 Å². The van der Waals surface area contributed by atoms with Crippen molar-refractivity contribution in [2.45, 2.75) is 6.61 Å². The topological polar surface area (TPSA) is 61.5 Å². The number of carbonyl (C=O) groups excluding carboxylic acids is 1. The molecule has 0 aliphatic rings. The standard InChI is InChI=1S/C15H14FNO3/c16-14-7-2-1-4-11(14)9-20-15(18)10-19-13-6-3-5-12(17)8-13/h1-8H,9-10,17H2. The summed E-state index contributed by atoms with van der Waals surface area (Å²) in [6.45, 7) is -0.371. The molecule has 0 saturated heterocycles. The zero-order valence-electron chi connectivity index (χ0n) is 10.7. The molecule has 2 N–H and O–H groups in total. The van der Waals surface area contributed by atoms with Crippen molar-refractivity contribution in [1.29, 1.82) is 0 Å². The van der Waals surface area contributed by atoms with Gasteiger partial charge in [-0.2, -0.15) is 0 Å². The first kappa shape index (κ1) is 13.9. The number of nitrogens with two attached hydrogens (primary N) is 1. The Hall–Kier alpha value is -2.56. The van der Waals surface area contributed by atoms with E-state index in [9.17, 15) is 9.18 Å². The summed E-state index contributed by atoms with van der Waals surface area (Å²) in [6.07, 6.45) is 0. The molecular weight excluding hydrogens is 261 g/mol. The van der Waals surface area contributed by atoms with E-state index in [1.807, 2.05) is 0 Å². The van der Waals surface area contributed by atoms with Gasteiger partial charge in [0.15, 0.2) is 6.61 Å². The molecule has 20 heavy (non-hydrogen) atoms. The van der Waals surface area contributed by atoms with Crippen LogP contribution in [0.2, 0.25) is 0 Å². The summed E-state index contributed by atoms with van der Waals surface area (Å²) in [5, 5.41) is 0. The van der Waals surface area contributed by atoms with Crippen molar-refractivity contribution in [3.8, 4) is 5.75 Å². The first-order valence-corrected chi connectivity index (χ1v) is 6.02. The summed E-state index contributed by atoms with van der Waals surface area (Å²) in [7, 11) is 0. The fourth-order valence-corrected chi connectivity index (χ4v) is 1.56. The molecule has 104 valence electrons. The second kappa shape index (κ2) is 6.56. The first-order valence-electron chi connectivity index (χ1n) is 6.02. The summed E-state index contributed by atoms with van der Waals surface area (Å²) in [5.74, 6) is -0.499. The monoisotopic (exact) mass is 275 g/mol. The van der Waals surface area contributed by atoms with Crippen LogP contribution in [0.1, 0.15) is 5.56 Å². The maximum absolute atomic E-state index is 13.3. The molecule has 0 saturated carbocycles. The van der Waals surface area contributed by atoms with Gasteiger partial charge in [-0.25, -0.2) is 9.18 Å². The van der Waals surface area contributed by atoms with Crippen LogP contribution in [0.25, 0.3) is 0 Å². The number of esters is 1. The highest BCUT2D eigenvalue weighted by atomic mass is 19.1. The molecule has 0 fully saturated rings. The van der Waals surface area contributed by atoms with Crippen molar-refractivity contribution in [2.75, 3.05) is 12.3 Å². The van der Waals surface area contributed by atoms with E-state index in [2.05, 4.69) is 0 Å². The van der Waals surface area contributed by atoms with Crippen LogP contribution in [0.15, 0.2) is 48.5 Å². The highest BCUT2D eigenvalue weighted by molar-refractivity contribution is 5.71. The Bertz CT molecular complexity index is 601. The highest BCUT2D eigenvalue weighted by Gasteiger charge is 2.07. The molecule has 5 heteroatoms. The van der Waals surface area contributed by atoms with Crippen LogP contribution in [-0.4, -0.2) is 12.6 Å². The van der Waals surface area contributed by atoms with E-state index in [-0.39, 0.29) is 13.2 Å². The van der Waals surface area contributed by atoms with Gasteiger partial charge >= 0.3 is 5.97 Å². The van der Waals surface area contributed by atoms with Crippen LogP contribution >= 0.6 is 0 Å². The quantitative estimate of drug-likeness (QED) is 0.673. The number of ether oxygens (including phenoxy) is 2. The van der Waals surface area contributed by atoms with Gasteiger partial charge in [-0.1, -0.05) is 24.3 Å². The van der Waals surface area contributed by atoms with Gasteiger partial charge in [0, 0.05) is 17.3 Å². The van der Waals surface area contributed by atoms with E-state index < -0.39 is 11.8 Å². The second-order valence-electron chi connectivity index (χ2n) is 4.11. The zero-order chi connectivity index (χ0) is 14.4. The summed E-state index contributed by atoms with van der Waals surface area (Å²) in [4.78, 5) is 11.5. The average molecular weight is 275 g/mol. The fraction of sp³-hybridized carbons (Fsp3) is 0.133. The molecule has 0 radical (unpaired) electrons. The Labute approximate surface area is 115 Å². The minimum absolute atomic E-state index is 0.119. The minimum atomic E-state index is -0.573. The Morgan fingerprint density at radius 1 is 1.15 bits per heavy atom. The third-order valence-corrected chi connectivity index (χ3v) is 2.56. The molecule has 0 spiro atoms. The predicted molar refractivity (Wildman–Crippen MR) is 72.5 cm³/mol. The SMILES string of the molecule is Nc1cccc(OCC(=O)OCc2ccccc2F)c1. The van der Waals surface area contributed by atoms with E-state index in [0.29, 0.717) is 17.0 Å². The molecule has 2 aromatic rings. The van der Waals surface area contributed by atoms with Crippen molar-refractivity contribution in [3.05, 3.63) is 59.9 Å². The number of halogens is 1. The molecular formula is C15H14FNO3. The van der Waals surface area contributed by atoms with Crippen LogP contribution < -0.4 is 10.5 Å². The van der Waals surface area contributed by atoms with Crippen molar-refractivity contribution in [1.82, 2.24) is 0 Å². The van der Waals surface area contributed by atoms with Crippen LogP contribution in [0.3, 0.4) is 0 Å². The number of rotatable bonds is 5. The van der Waals surface area contributed by atoms with E-state index in [0.717, 1.165) is 0 Å². The summed E-state index contributed by atoms with van der Waals surface area (Å²) < 4.78 is 23.4. The van der Waals surface area contributed by atoms with E-state index in [1.54, 1.807) is 42.5 Å². The predicted octanol–water partition coefficient (Wildman–Crippen LogP) is 2.53. The number of benzene rings is 2. The third kappa shape index (κ3) is 3.98. The fourth-order valence-electron chi connectivity index (χ4n) is 1.56. The Morgan fingerprint density at radius 3 is 2.70 bits per heavy atom. The largest absolute Gasteiger partial charge is 0.482 e. The molecule has 0 heterocycles. The number of nitrogen functional groups attached to an aromatic ring is 1. The van der Waals surface area contributed by atoms with E-state index in [4.69, 9.17) is 15.2 Å². The third-order valence-electron chi connectivity index (χ3n) is 2.56. The molecule has 0 atom stereocenters. The van der Waals surface area contributed by atoms with Crippen molar-refractivity contribution in [2.24, 2.45) is 0 Å². The lowest BCUT2D eigenvalue weighted by Gasteiger charge is -2.08. The van der Waals surface area contributed by atoms with Crippen LogP contribution in [0.4, 0.5) is 10.1 Å². The second-order valence-corrected chi connectivity index (χ2v) is 4.11. The van der Waals surface area contributed by atoms with Crippen LogP contribution in [0, 0.1) is 5.82 Å². The van der Waals surface area contributed by atoms with Gasteiger partial charge < -0.3 is 15.2 Å². The summed E-state index contributed by atoms with van der Waals surface area (Å²) in [6, 6.07) is 12.8. The molecule has 2 aromatic carbocycles. The van der Waals surface area contributed by atoms with Crippen LogP contribution in [-0.2, 0) is 16.1 Å². The van der Waals surface area contributed by atoms with Crippen LogP contribution in [0.5, 0.6) is 5.75 Å².